The molecule has 0 aliphatic heterocycles. The van der Waals surface area contributed by atoms with Crippen LogP contribution in [-0.4, -0.2) is 43.4 Å². The van der Waals surface area contributed by atoms with Gasteiger partial charge in [0.15, 0.2) is 0 Å². The van der Waals surface area contributed by atoms with E-state index in [1.54, 1.807) is 7.05 Å². The highest BCUT2D eigenvalue weighted by atomic mass is 16.6. The minimum absolute atomic E-state index is 0.0177. The van der Waals surface area contributed by atoms with Crippen molar-refractivity contribution < 1.29 is 14.8 Å². The molecular formula is C12H19N3O4. The van der Waals surface area contributed by atoms with Gasteiger partial charge in [0.1, 0.15) is 0 Å². The number of benzene rings is 1. The quantitative estimate of drug-likeness (QED) is 0.356. The first-order valence-electron chi connectivity index (χ1n) is 6.07. The summed E-state index contributed by atoms with van der Waals surface area (Å²) in [6.07, 6.45) is 0.761. The maximum absolute atomic E-state index is 10.8. The highest BCUT2D eigenvalue weighted by molar-refractivity contribution is 5.63. The Balaban J connectivity index is 2.48. The van der Waals surface area contributed by atoms with Crippen molar-refractivity contribution >= 4 is 17.1 Å². The molecule has 7 nitrogen and oxygen atoms in total. The van der Waals surface area contributed by atoms with Crippen LogP contribution in [0.25, 0.3) is 0 Å². The van der Waals surface area contributed by atoms with Gasteiger partial charge in [0.05, 0.1) is 18.1 Å². The molecular weight excluding hydrogens is 250 g/mol. The fourth-order valence-corrected chi connectivity index (χ4v) is 1.54. The van der Waals surface area contributed by atoms with Gasteiger partial charge < -0.3 is 20.5 Å². The van der Waals surface area contributed by atoms with Crippen LogP contribution in [0.4, 0.5) is 17.1 Å². The molecule has 0 spiro atoms. The molecule has 0 heterocycles. The van der Waals surface area contributed by atoms with Crippen LogP contribution in [0, 0.1) is 10.1 Å². The third kappa shape index (κ3) is 5.54. The Morgan fingerprint density at radius 3 is 2.68 bits per heavy atom. The fourth-order valence-electron chi connectivity index (χ4n) is 1.54. The lowest BCUT2D eigenvalue weighted by Crippen LogP contribution is -2.08. The minimum Gasteiger partial charge on any atom is -0.394 e. The predicted octanol–water partition coefficient (Wildman–Crippen LogP) is 1.45. The second kappa shape index (κ2) is 8.28. The van der Waals surface area contributed by atoms with Gasteiger partial charge in [-0.1, -0.05) is 0 Å². The third-order valence-corrected chi connectivity index (χ3v) is 2.45. The minimum atomic E-state index is -0.420. The Bertz CT molecular complexity index is 412. The van der Waals surface area contributed by atoms with E-state index in [9.17, 15) is 10.1 Å². The van der Waals surface area contributed by atoms with E-state index in [2.05, 4.69) is 10.6 Å². The molecule has 0 aliphatic rings. The first-order valence-corrected chi connectivity index (χ1v) is 6.07. The van der Waals surface area contributed by atoms with Gasteiger partial charge in [0.2, 0.25) is 0 Å². The number of aliphatic hydroxyl groups excluding tert-OH is 1. The summed E-state index contributed by atoms with van der Waals surface area (Å²) in [6.45, 7) is 1.54. The summed E-state index contributed by atoms with van der Waals surface area (Å²) in [6, 6.07) is 4.78. The van der Waals surface area contributed by atoms with Crippen molar-refractivity contribution in [2.24, 2.45) is 0 Å². The number of non-ortho nitro benzene ring substituents is 1. The molecule has 0 saturated heterocycles. The summed E-state index contributed by atoms with van der Waals surface area (Å²) < 4.78 is 5.12. The van der Waals surface area contributed by atoms with Crippen molar-refractivity contribution in [3.05, 3.63) is 28.3 Å². The van der Waals surface area contributed by atoms with E-state index in [0.29, 0.717) is 31.1 Å². The summed E-state index contributed by atoms with van der Waals surface area (Å²) in [5.41, 5.74) is 1.43. The highest BCUT2D eigenvalue weighted by Gasteiger charge is 2.08. The first kappa shape index (κ1) is 15.2. The number of hydrogen-bond donors (Lipinski definition) is 3. The smallest absolute Gasteiger partial charge is 0.273 e. The zero-order valence-electron chi connectivity index (χ0n) is 10.9. The lowest BCUT2D eigenvalue weighted by atomic mass is 10.2. The normalized spacial score (nSPS) is 10.2. The van der Waals surface area contributed by atoms with Crippen molar-refractivity contribution in [1.82, 2.24) is 0 Å². The van der Waals surface area contributed by atoms with Gasteiger partial charge >= 0.3 is 0 Å². The summed E-state index contributed by atoms with van der Waals surface area (Å²) in [7, 11) is 1.71. The average Bonchev–Trinajstić information content (AvgIpc) is 2.42. The average molecular weight is 269 g/mol. The highest BCUT2D eigenvalue weighted by Crippen LogP contribution is 2.23. The number of nitrogens with one attached hydrogen (secondary N) is 2. The number of anilines is 2. The maximum atomic E-state index is 10.8. The molecule has 1 rings (SSSR count). The summed E-state index contributed by atoms with van der Waals surface area (Å²) in [5.74, 6) is 0. The number of nitro benzene ring substituents is 1. The van der Waals surface area contributed by atoms with Crippen molar-refractivity contribution in [2.45, 2.75) is 6.42 Å². The number of nitro groups is 1. The van der Waals surface area contributed by atoms with Crippen molar-refractivity contribution in [1.29, 1.82) is 0 Å². The lowest BCUT2D eigenvalue weighted by molar-refractivity contribution is -0.384. The molecule has 0 radical (unpaired) electrons. The standard InChI is InChI=1S/C12H19N3O4/c1-13-10-7-11(9-12(8-10)15(17)18)14-3-2-5-19-6-4-16/h7-9,13-14,16H,2-6H2,1H3. The van der Waals surface area contributed by atoms with E-state index in [1.807, 2.05) is 6.07 Å². The van der Waals surface area contributed by atoms with E-state index in [-0.39, 0.29) is 12.3 Å². The maximum Gasteiger partial charge on any atom is 0.273 e. The van der Waals surface area contributed by atoms with Gasteiger partial charge in [-0.05, 0) is 12.5 Å². The zero-order valence-corrected chi connectivity index (χ0v) is 10.9. The summed E-state index contributed by atoms with van der Waals surface area (Å²) >= 11 is 0. The lowest BCUT2D eigenvalue weighted by Gasteiger charge is -2.08. The molecule has 0 aromatic heterocycles. The van der Waals surface area contributed by atoms with Crippen LogP contribution in [0.3, 0.4) is 0 Å². The Morgan fingerprint density at radius 2 is 2.05 bits per heavy atom. The number of aliphatic hydroxyl groups is 1. The summed E-state index contributed by atoms with van der Waals surface area (Å²) in [5, 5.41) is 25.3. The molecule has 0 saturated carbocycles. The predicted molar refractivity (Wildman–Crippen MR) is 73.7 cm³/mol. The molecule has 1 aromatic rings. The van der Waals surface area contributed by atoms with Gasteiger partial charge in [0, 0.05) is 43.7 Å². The van der Waals surface area contributed by atoms with Crippen molar-refractivity contribution in [3.63, 3.8) is 0 Å². The van der Waals surface area contributed by atoms with Crippen LogP contribution >= 0.6 is 0 Å². The molecule has 0 atom stereocenters. The molecule has 1 aromatic carbocycles. The van der Waals surface area contributed by atoms with E-state index in [4.69, 9.17) is 9.84 Å². The number of hydrogen-bond acceptors (Lipinski definition) is 6. The van der Waals surface area contributed by atoms with Crippen molar-refractivity contribution in [3.8, 4) is 0 Å². The molecule has 0 bridgehead atoms. The van der Waals surface area contributed by atoms with Gasteiger partial charge in [-0.15, -0.1) is 0 Å². The molecule has 7 heteroatoms. The second-order valence-corrected chi connectivity index (χ2v) is 3.89. The van der Waals surface area contributed by atoms with E-state index < -0.39 is 4.92 Å². The van der Waals surface area contributed by atoms with E-state index in [1.165, 1.54) is 12.1 Å². The number of rotatable bonds is 9. The van der Waals surface area contributed by atoms with Crippen LogP contribution in [0.1, 0.15) is 6.42 Å². The molecule has 0 unspecified atom stereocenters. The Morgan fingerprint density at radius 1 is 1.32 bits per heavy atom. The third-order valence-electron chi connectivity index (χ3n) is 2.45. The molecule has 0 fully saturated rings. The van der Waals surface area contributed by atoms with Gasteiger partial charge in [-0.3, -0.25) is 10.1 Å². The van der Waals surface area contributed by atoms with Gasteiger partial charge in [0.25, 0.3) is 5.69 Å². The largest absolute Gasteiger partial charge is 0.394 e. The van der Waals surface area contributed by atoms with Gasteiger partial charge in [-0.2, -0.15) is 0 Å². The fraction of sp³-hybridized carbons (Fsp3) is 0.500. The van der Waals surface area contributed by atoms with Crippen molar-refractivity contribution in [2.75, 3.05) is 44.0 Å². The molecule has 106 valence electrons. The summed E-state index contributed by atoms with van der Waals surface area (Å²) in [4.78, 5) is 10.4. The van der Waals surface area contributed by atoms with Crippen LogP contribution in [0.2, 0.25) is 0 Å². The van der Waals surface area contributed by atoms with Crippen LogP contribution in [0.5, 0.6) is 0 Å². The number of ether oxygens (including phenoxy) is 1. The first-order chi connectivity index (χ1) is 9.17. The van der Waals surface area contributed by atoms with E-state index >= 15 is 0 Å². The Hall–Kier alpha value is -1.86. The molecule has 0 aliphatic carbocycles. The Labute approximate surface area is 111 Å². The molecule has 3 N–H and O–H groups in total. The zero-order chi connectivity index (χ0) is 14.1. The topological polar surface area (TPSA) is 96.7 Å². The Kier molecular flexibility index (Phi) is 6.62. The molecule has 19 heavy (non-hydrogen) atoms. The van der Waals surface area contributed by atoms with Crippen LogP contribution < -0.4 is 10.6 Å². The van der Waals surface area contributed by atoms with Crippen LogP contribution in [0.15, 0.2) is 18.2 Å². The van der Waals surface area contributed by atoms with E-state index in [0.717, 1.165) is 6.42 Å². The van der Waals surface area contributed by atoms with Gasteiger partial charge in [-0.25, -0.2) is 0 Å². The molecule has 0 amide bonds. The SMILES string of the molecule is CNc1cc(NCCCOCCO)cc([N+](=O)[O-])c1. The number of nitrogens with zero attached hydrogens (tertiary/aromatic N) is 1. The monoisotopic (exact) mass is 269 g/mol. The van der Waals surface area contributed by atoms with Crippen LogP contribution in [-0.2, 0) is 4.74 Å². The second-order valence-electron chi connectivity index (χ2n) is 3.89.